The van der Waals surface area contributed by atoms with E-state index in [0.717, 1.165) is 31.5 Å². The Morgan fingerprint density at radius 3 is 2.78 bits per heavy atom. The summed E-state index contributed by atoms with van der Waals surface area (Å²) in [5.41, 5.74) is 0.539. The summed E-state index contributed by atoms with van der Waals surface area (Å²) in [5, 5.41) is 2.88. The molecule has 2 saturated heterocycles. The number of nitrogens with one attached hydrogen (secondary N) is 1. The van der Waals surface area contributed by atoms with E-state index in [1.54, 1.807) is 23.2 Å². The summed E-state index contributed by atoms with van der Waals surface area (Å²) in [6, 6.07) is 7.61. The first kappa shape index (κ1) is 27.2. The van der Waals surface area contributed by atoms with Crippen LogP contribution >= 0.6 is 0 Å². The molecule has 3 aliphatic heterocycles. The van der Waals surface area contributed by atoms with E-state index in [0.29, 0.717) is 36.2 Å². The number of alkyl halides is 3. The highest BCUT2D eigenvalue weighted by Gasteiger charge is 2.39. The zero-order valence-electron chi connectivity index (χ0n) is 22.5. The van der Waals surface area contributed by atoms with Crippen molar-refractivity contribution in [2.24, 2.45) is 0 Å². The molecule has 2 aromatic heterocycles. The third-order valence-electron chi connectivity index (χ3n) is 7.22. The first-order valence-corrected chi connectivity index (χ1v) is 13.4. The first-order valence-electron chi connectivity index (χ1n) is 13.4. The molecule has 0 aliphatic carbocycles. The standard InChI is InChI=1S/C28H29F3N6O4/c1-27(2)40-16-21(41-27)15-39-23-9-8-19(12-32-23)34-26(38)37-20-7-4-10-36(14-20)22-13-33-24(35-25(22)37)17-5-3-6-18(11-17)28(29,30)31/h3,5-6,8-9,11-13,20-21H,4,7,10,14-16H2,1-2H3,(H,34,38)/t20?,21-/m1/s1. The smallest absolute Gasteiger partial charge is 0.416 e. The Morgan fingerprint density at radius 2 is 2.05 bits per heavy atom. The van der Waals surface area contributed by atoms with Crippen LogP contribution in [0, 0.1) is 0 Å². The fraction of sp³-hybridized carbons (Fsp3) is 0.429. The monoisotopic (exact) mass is 570 g/mol. The molecule has 1 N–H and O–H groups in total. The number of aromatic nitrogens is 3. The van der Waals surface area contributed by atoms with E-state index in [1.165, 1.54) is 18.3 Å². The SMILES string of the molecule is CC1(C)OC[C@@H](COc2ccc(NC(=O)N3c4nc(-c5cccc(C(F)(F)F)c5)ncc4N4CCCC3C4)cn2)O1. The summed E-state index contributed by atoms with van der Waals surface area (Å²) in [4.78, 5) is 30.5. The van der Waals surface area contributed by atoms with Crippen LogP contribution in [-0.2, 0) is 15.7 Å². The van der Waals surface area contributed by atoms with Gasteiger partial charge in [0.05, 0.1) is 42.0 Å². The van der Waals surface area contributed by atoms with Gasteiger partial charge in [-0.25, -0.2) is 19.7 Å². The highest BCUT2D eigenvalue weighted by atomic mass is 19.4. The van der Waals surface area contributed by atoms with Gasteiger partial charge < -0.3 is 24.4 Å². The number of rotatable bonds is 5. The average Bonchev–Trinajstić information content (AvgIpc) is 3.30. The van der Waals surface area contributed by atoms with Crippen LogP contribution in [-0.4, -0.2) is 65.2 Å². The number of hydrogen-bond donors (Lipinski definition) is 1. The van der Waals surface area contributed by atoms with Crippen LogP contribution in [0.5, 0.6) is 5.88 Å². The van der Waals surface area contributed by atoms with Crippen LogP contribution in [0.1, 0.15) is 32.3 Å². The maximum atomic E-state index is 13.6. The van der Waals surface area contributed by atoms with Crippen LogP contribution in [0.15, 0.2) is 48.8 Å². The maximum Gasteiger partial charge on any atom is 0.416 e. The third-order valence-corrected chi connectivity index (χ3v) is 7.22. The number of pyridine rings is 1. The molecule has 2 bridgehead atoms. The van der Waals surface area contributed by atoms with Crippen molar-refractivity contribution in [1.82, 2.24) is 15.0 Å². The average molecular weight is 571 g/mol. The zero-order valence-corrected chi connectivity index (χ0v) is 22.5. The second kappa shape index (κ2) is 10.5. The lowest BCUT2D eigenvalue weighted by Gasteiger charge is -2.45. The fourth-order valence-electron chi connectivity index (χ4n) is 5.31. The number of hydrogen-bond acceptors (Lipinski definition) is 8. The van der Waals surface area contributed by atoms with Crippen molar-refractivity contribution >= 4 is 23.2 Å². The Hall–Kier alpha value is -3.97. The van der Waals surface area contributed by atoms with Gasteiger partial charge in [0, 0.05) is 24.7 Å². The molecule has 0 radical (unpaired) electrons. The van der Waals surface area contributed by atoms with Crippen LogP contribution < -0.4 is 19.9 Å². The van der Waals surface area contributed by atoms with Gasteiger partial charge in [-0.2, -0.15) is 13.2 Å². The summed E-state index contributed by atoms with van der Waals surface area (Å²) >= 11 is 0. The molecule has 13 heteroatoms. The molecule has 1 aromatic carbocycles. The maximum absolute atomic E-state index is 13.6. The number of benzene rings is 1. The molecule has 216 valence electrons. The Balaban J connectivity index is 1.21. The van der Waals surface area contributed by atoms with Gasteiger partial charge in [-0.05, 0) is 44.9 Å². The van der Waals surface area contributed by atoms with Gasteiger partial charge >= 0.3 is 12.2 Å². The molecular formula is C28H29F3N6O4. The molecule has 10 nitrogen and oxygen atoms in total. The predicted octanol–water partition coefficient (Wildman–Crippen LogP) is 5.11. The topological polar surface area (TPSA) is 102 Å². The van der Waals surface area contributed by atoms with E-state index in [-0.39, 0.29) is 30.1 Å². The van der Waals surface area contributed by atoms with Crippen LogP contribution in [0.4, 0.5) is 35.2 Å². The largest absolute Gasteiger partial charge is 0.475 e. The van der Waals surface area contributed by atoms with Gasteiger partial charge in [-0.3, -0.25) is 4.90 Å². The number of anilines is 3. The second-order valence-electron chi connectivity index (χ2n) is 10.7. The van der Waals surface area contributed by atoms with E-state index in [2.05, 4.69) is 25.2 Å². The minimum Gasteiger partial charge on any atom is -0.475 e. The zero-order chi connectivity index (χ0) is 28.8. The molecule has 2 fully saturated rings. The summed E-state index contributed by atoms with van der Waals surface area (Å²) in [5.74, 6) is 0.199. The molecule has 2 amide bonds. The van der Waals surface area contributed by atoms with Crippen LogP contribution in [0.3, 0.4) is 0 Å². The van der Waals surface area contributed by atoms with Gasteiger partial charge in [-0.15, -0.1) is 0 Å². The van der Waals surface area contributed by atoms with Crippen LogP contribution in [0.2, 0.25) is 0 Å². The summed E-state index contributed by atoms with van der Waals surface area (Å²) < 4.78 is 56.9. The summed E-state index contributed by atoms with van der Waals surface area (Å²) in [7, 11) is 0. The van der Waals surface area contributed by atoms with Gasteiger partial charge in [0.1, 0.15) is 12.7 Å². The Kier molecular flexibility index (Phi) is 6.94. The fourth-order valence-corrected chi connectivity index (χ4v) is 5.31. The van der Waals surface area contributed by atoms with E-state index < -0.39 is 23.6 Å². The van der Waals surface area contributed by atoms with E-state index in [1.807, 2.05) is 13.8 Å². The molecule has 3 aromatic rings. The lowest BCUT2D eigenvalue weighted by molar-refractivity contribution is -0.141. The predicted molar refractivity (Wildman–Crippen MR) is 144 cm³/mol. The molecule has 1 unspecified atom stereocenters. The van der Waals surface area contributed by atoms with Crippen LogP contribution in [0.25, 0.3) is 11.4 Å². The Labute approximate surface area is 234 Å². The Morgan fingerprint density at radius 1 is 1.20 bits per heavy atom. The second-order valence-corrected chi connectivity index (χ2v) is 10.7. The number of halogens is 3. The lowest BCUT2D eigenvalue weighted by atomic mass is 10.0. The van der Waals surface area contributed by atoms with E-state index in [4.69, 9.17) is 14.2 Å². The van der Waals surface area contributed by atoms with E-state index >= 15 is 0 Å². The normalized spacial score (nSPS) is 21.4. The highest BCUT2D eigenvalue weighted by molar-refractivity contribution is 6.04. The molecular weight excluding hydrogens is 541 g/mol. The van der Waals surface area contributed by atoms with Gasteiger partial charge in [0.25, 0.3) is 0 Å². The number of fused-ring (bicyclic) bond motifs is 4. The number of carbonyl (C=O) groups excluding carboxylic acids is 1. The quantitative estimate of drug-likeness (QED) is 0.452. The number of ether oxygens (including phenoxy) is 3. The third kappa shape index (κ3) is 5.77. The molecule has 6 rings (SSSR count). The van der Waals surface area contributed by atoms with Crippen molar-refractivity contribution in [3.63, 3.8) is 0 Å². The molecule has 3 aliphatic rings. The lowest BCUT2D eigenvalue weighted by Crippen LogP contribution is -2.56. The number of urea groups is 1. The molecule has 0 spiro atoms. The Bertz CT molecular complexity index is 1440. The summed E-state index contributed by atoms with van der Waals surface area (Å²) in [6.45, 7) is 5.78. The minimum atomic E-state index is -4.50. The first-order chi connectivity index (χ1) is 19.6. The summed E-state index contributed by atoms with van der Waals surface area (Å²) in [6.07, 6.45) is 0.0137. The number of nitrogens with zero attached hydrogens (tertiary/aromatic N) is 5. The molecule has 0 saturated carbocycles. The van der Waals surface area contributed by atoms with Crippen molar-refractivity contribution in [2.75, 3.05) is 41.4 Å². The van der Waals surface area contributed by atoms with Crippen molar-refractivity contribution in [2.45, 2.75) is 50.8 Å². The molecule has 41 heavy (non-hydrogen) atoms. The van der Waals surface area contributed by atoms with Crippen molar-refractivity contribution in [3.8, 4) is 17.3 Å². The van der Waals surface area contributed by atoms with Crippen molar-refractivity contribution in [3.05, 3.63) is 54.4 Å². The van der Waals surface area contributed by atoms with E-state index in [9.17, 15) is 18.0 Å². The number of amides is 2. The van der Waals surface area contributed by atoms with Gasteiger partial charge in [-0.1, -0.05) is 12.1 Å². The molecule has 2 atom stereocenters. The number of piperidine rings is 1. The highest BCUT2D eigenvalue weighted by Crippen LogP contribution is 2.39. The van der Waals surface area contributed by atoms with Gasteiger partial charge in [0.15, 0.2) is 17.4 Å². The molecule has 5 heterocycles. The van der Waals surface area contributed by atoms with Crippen molar-refractivity contribution < 1.29 is 32.2 Å². The van der Waals surface area contributed by atoms with Gasteiger partial charge in [0.2, 0.25) is 5.88 Å². The number of carbonyl (C=O) groups is 1. The minimum absolute atomic E-state index is 0.108. The van der Waals surface area contributed by atoms with Crippen molar-refractivity contribution in [1.29, 1.82) is 0 Å².